The molecule has 3 nitrogen and oxygen atoms in total. The van der Waals surface area contributed by atoms with Crippen LogP contribution in [-0.2, 0) is 11.3 Å². The molecule has 1 atom stereocenters. The van der Waals surface area contributed by atoms with Gasteiger partial charge >= 0.3 is 0 Å². The van der Waals surface area contributed by atoms with E-state index in [9.17, 15) is 0 Å². The molecule has 96 valence electrons. The molecule has 1 saturated heterocycles. The fourth-order valence-electron chi connectivity index (χ4n) is 2.19. The molecular formula is C15H20N2O. The Morgan fingerprint density at radius 1 is 1.50 bits per heavy atom. The lowest BCUT2D eigenvalue weighted by Gasteiger charge is -2.31. The van der Waals surface area contributed by atoms with Crippen LogP contribution >= 0.6 is 0 Å². The van der Waals surface area contributed by atoms with Gasteiger partial charge in [-0.05, 0) is 24.6 Å². The highest BCUT2D eigenvalue weighted by molar-refractivity contribution is 5.37. The summed E-state index contributed by atoms with van der Waals surface area (Å²) in [7, 11) is 0. The van der Waals surface area contributed by atoms with Gasteiger partial charge in [0, 0.05) is 25.2 Å². The Bertz CT molecular complexity index is 447. The molecule has 2 rings (SSSR count). The lowest BCUT2D eigenvalue weighted by Crippen LogP contribution is -2.40. The van der Waals surface area contributed by atoms with E-state index < -0.39 is 0 Å². The third-order valence-electron chi connectivity index (χ3n) is 2.99. The summed E-state index contributed by atoms with van der Waals surface area (Å²) < 4.78 is 5.54. The smallest absolute Gasteiger partial charge is 0.0674 e. The highest BCUT2D eigenvalue weighted by atomic mass is 16.5. The molecule has 18 heavy (non-hydrogen) atoms. The van der Waals surface area contributed by atoms with Gasteiger partial charge in [-0.3, -0.25) is 4.90 Å². The number of hydrogen-bond donors (Lipinski definition) is 1. The SMILES string of the molecule is CC1CN(Cc2cccc(C#CCN)c2)CCO1. The molecule has 3 heteroatoms. The Balaban J connectivity index is 2.00. The minimum Gasteiger partial charge on any atom is -0.376 e. The van der Waals surface area contributed by atoms with Crippen molar-refractivity contribution in [2.45, 2.75) is 19.6 Å². The summed E-state index contributed by atoms with van der Waals surface area (Å²) in [6.07, 6.45) is 0.332. The quantitative estimate of drug-likeness (QED) is 0.795. The summed E-state index contributed by atoms with van der Waals surface area (Å²) in [4.78, 5) is 2.42. The summed E-state index contributed by atoms with van der Waals surface area (Å²) in [6, 6.07) is 8.37. The van der Waals surface area contributed by atoms with Crippen molar-refractivity contribution in [3.8, 4) is 11.8 Å². The number of nitrogens with zero attached hydrogens (tertiary/aromatic N) is 1. The number of benzene rings is 1. The van der Waals surface area contributed by atoms with Crippen LogP contribution in [0.3, 0.4) is 0 Å². The first-order chi connectivity index (χ1) is 8.78. The Morgan fingerprint density at radius 3 is 3.17 bits per heavy atom. The number of morpholine rings is 1. The summed E-state index contributed by atoms with van der Waals surface area (Å²) in [5.74, 6) is 5.96. The molecule has 0 bridgehead atoms. The van der Waals surface area contributed by atoms with E-state index in [0.717, 1.165) is 31.8 Å². The van der Waals surface area contributed by atoms with Gasteiger partial charge in [0.2, 0.25) is 0 Å². The summed E-state index contributed by atoms with van der Waals surface area (Å²) in [5.41, 5.74) is 7.72. The van der Waals surface area contributed by atoms with Crippen molar-refractivity contribution in [2.24, 2.45) is 5.73 Å². The minimum atomic E-state index is 0.332. The summed E-state index contributed by atoms with van der Waals surface area (Å²) in [5, 5.41) is 0. The fourth-order valence-corrected chi connectivity index (χ4v) is 2.19. The van der Waals surface area contributed by atoms with Crippen LogP contribution in [0.2, 0.25) is 0 Å². The summed E-state index contributed by atoms with van der Waals surface area (Å²) >= 11 is 0. The second kappa shape index (κ2) is 6.55. The van der Waals surface area contributed by atoms with Crippen LogP contribution in [0, 0.1) is 11.8 Å². The maximum absolute atomic E-state index is 5.54. The van der Waals surface area contributed by atoms with Crippen molar-refractivity contribution in [3.05, 3.63) is 35.4 Å². The van der Waals surface area contributed by atoms with E-state index in [4.69, 9.17) is 10.5 Å². The lowest BCUT2D eigenvalue weighted by atomic mass is 10.1. The first-order valence-corrected chi connectivity index (χ1v) is 6.40. The van der Waals surface area contributed by atoms with Crippen LogP contribution in [0.1, 0.15) is 18.1 Å². The molecule has 0 aliphatic carbocycles. The molecule has 1 aromatic carbocycles. The highest BCUT2D eigenvalue weighted by Gasteiger charge is 2.16. The zero-order valence-electron chi connectivity index (χ0n) is 10.9. The van der Waals surface area contributed by atoms with E-state index in [-0.39, 0.29) is 0 Å². The third kappa shape index (κ3) is 3.85. The average molecular weight is 244 g/mol. The molecule has 0 amide bonds. The standard InChI is InChI=1S/C15H20N2O/c1-13-11-17(8-9-18-13)12-15-5-2-4-14(10-15)6-3-7-16/h2,4-5,10,13H,7-9,11-12,16H2,1H3. The molecule has 0 aromatic heterocycles. The van der Waals surface area contributed by atoms with Crippen LogP contribution in [0.4, 0.5) is 0 Å². The fraction of sp³-hybridized carbons (Fsp3) is 0.467. The Morgan fingerprint density at radius 2 is 2.39 bits per heavy atom. The number of ether oxygens (including phenoxy) is 1. The minimum absolute atomic E-state index is 0.332. The molecule has 0 saturated carbocycles. The lowest BCUT2D eigenvalue weighted by molar-refractivity contribution is -0.0212. The van der Waals surface area contributed by atoms with Crippen LogP contribution in [0.25, 0.3) is 0 Å². The van der Waals surface area contributed by atoms with Crippen molar-refractivity contribution < 1.29 is 4.74 Å². The van der Waals surface area contributed by atoms with E-state index in [1.54, 1.807) is 0 Å². The third-order valence-corrected chi connectivity index (χ3v) is 2.99. The largest absolute Gasteiger partial charge is 0.376 e. The maximum atomic E-state index is 5.54. The van der Waals surface area contributed by atoms with E-state index in [1.165, 1.54) is 5.56 Å². The van der Waals surface area contributed by atoms with Crippen LogP contribution in [0.15, 0.2) is 24.3 Å². The van der Waals surface area contributed by atoms with Gasteiger partial charge in [-0.15, -0.1) is 0 Å². The van der Waals surface area contributed by atoms with E-state index >= 15 is 0 Å². The van der Waals surface area contributed by atoms with Gasteiger partial charge in [0.05, 0.1) is 19.3 Å². The van der Waals surface area contributed by atoms with Crippen LogP contribution < -0.4 is 5.73 Å². The number of nitrogens with two attached hydrogens (primary N) is 1. The van der Waals surface area contributed by atoms with Gasteiger partial charge in [-0.2, -0.15) is 0 Å². The molecule has 1 aromatic rings. The highest BCUT2D eigenvalue weighted by Crippen LogP contribution is 2.11. The van der Waals surface area contributed by atoms with Crippen molar-refractivity contribution in [1.82, 2.24) is 4.90 Å². The number of rotatable bonds is 2. The van der Waals surface area contributed by atoms with Crippen molar-refractivity contribution in [2.75, 3.05) is 26.2 Å². The molecule has 0 spiro atoms. The average Bonchev–Trinajstić information content (AvgIpc) is 2.37. The molecular weight excluding hydrogens is 224 g/mol. The first-order valence-electron chi connectivity index (χ1n) is 6.40. The number of hydrogen-bond acceptors (Lipinski definition) is 3. The van der Waals surface area contributed by atoms with Gasteiger partial charge in [0.25, 0.3) is 0 Å². The van der Waals surface area contributed by atoms with Crippen LogP contribution in [-0.4, -0.2) is 37.2 Å². The zero-order valence-corrected chi connectivity index (χ0v) is 10.9. The molecule has 1 unspecified atom stereocenters. The molecule has 1 heterocycles. The second-order valence-corrected chi connectivity index (χ2v) is 4.62. The predicted octanol–water partition coefficient (Wildman–Crippen LogP) is 1.22. The Hall–Kier alpha value is -1.34. The zero-order chi connectivity index (χ0) is 12.8. The van der Waals surface area contributed by atoms with E-state index in [1.807, 2.05) is 6.07 Å². The molecule has 1 aliphatic rings. The van der Waals surface area contributed by atoms with Gasteiger partial charge in [-0.1, -0.05) is 24.0 Å². The monoisotopic (exact) mass is 244 g/mol. The Kier molecular flexibility index (Phi) is 4.77. The molecule has 1 fully saturated rings. The first kappa shape index (κ1) is 13.1. The van der Waals surface area contributed by atoms with E-state index in [0.29, 0.717) is 12.6 Å². The van der Waals surface area contributed by atoms with Crippen molar-refractivity contribution in [1.29, 1.82) is 0 Å². The molecule has 0 radical (unpaired) electrons. The van der Waals surface area contributed by atoms with Crippen LogP contribution in [0.5, 0.6) is 0 Å². The van der Waals surface area contributed by atoms with Gasteiger partial charge in [0.15, 0.2) is 0 Å². The van der Waals surface area contributed by atoms with E-state index in [2.05, 4.69) is 41.9 Å². The van der Waals surface area contributed by atoms with Crippen molar-refractivity contribution in [3.63, 3.8) is 0 Å². The normalized spacial score (nSPS) is 20.2. The molecule has 2 N–H and O–H groups in total. The maximum Gasteiger partial charge on any atom is 0.0674 e. The predicted molar refractivity (Wildman–Crippen MR) is 73.1 cm³/mol. The van der Waals surface area contributed by atoms with Gasteiger partial charge < -0.3 is 10.5 Å². The second-order valence-electron chi connectivity index (χ2n) is 4.62. The van der Waals surface area contributed by atoms with Gasteiger partial charge in [0.1, 0.15) is 0 Å². The topological polar surface area (TPSA) is 38.5 Å². The Labute approximate surface area is 109 Å². The van der Waals surface area contributed by atoms with Gasteiger partial charge in [-0.25, -0.2) is 0 Å². The summed E-state index contributed by atoms with van der Waals surface area (Å²) in [6.45, 7) is 6.32. The molecule has 1 aliphatic heterocycles. The van der Waals surface area contributed by atoms with Crippen molar-refractivity contribution >= 4 is 0 Å².